The second-order valence-corrected chi connectivity index (χ2v) is 15.1. The predicted octanol–water partition coefficient (Wildman–Crippen LogP) is 6.85. The number of anilines is 2. The summed E-state index contributed by atoms with van der Waals surface area (Å²) >= 11 is 0. The van der Waals surface area contributed by atoms with E-state index in [0.29, 0.717) is 18.6 Å². The molecule has 0 amide bonds. The van der Waals surface area contributed by atoms with Crippen molar-refractivity contribution < 1.29 is 23.0 Å². The van der Waals surface area contributed by atoms with Gasteiger partial charge in [0.1, 0.15) is 17.8 Å². The molecule has 13 nitrogen and oxygen atoms in total. The number of benzene rings is 4. The largest absolute Gasteiger partial charge is 0.378 e. The van der Waals surface area contributed by atoms with Crippen LogP contribution >= 0.6 is 0 Å². The van der Waals surface area contributed by atoms with E-state index in [-0.39, 0.29) is 23.7 Å². The van der Waals surface area contributed by atoms with Crippen molar-refractivity contribution in [2.75, 3.05) is 36.0 Å². The van der Waals surface area contributed by atoms with Crippen molar-refractivity contribution in [3.05, 3.63) is 167 Å². The Labute approximate surface area is 350 Å². The van der Waals surface area contributed by atoms with Gasteiger partial charge in [0.15, 0.2) is 11.4 Å². The maximum atomic E-state index is 16.2. The number of piperazine rings is 1. The first-order chi connectivity index (χ1) is 29.6. The highest BCUT2D eigenvalue weighted by Crippen LogP contribution is 2.47. The lowest BCUT2D eigenvalue weighted by molar-refractivity contribution is -0.199. The van der Waals surface area contributed by atoms with Crippen LogP contribution in [0.25, 0.3) is 16.8 Å². The van der Waals surface area contributed by atoms with E-state index in [4.69, 9.17) is 4.74 Å². The van der Waals surface area contributed by atoms with Gasteiger partial charge in [0.2, 0.25) is 0 Å². The van der Waals surface area contributed by atoms with E-state index in [0.717, 1.165) is 72.6 Å². The van der Waals surface area contributed by atoms with E-state index >= 15 is 8.78 Å². The number of halogens is 3. The summed E-state index contributed by atoms with van der Waals surface area (Å²) in [6.45, 7) is 7.57. The molecule has 3 unspecified atom stereocenters. The third-order valence-corrected chi connectivity index (χ3v) is 11.4. The molecule has 61 heavy (non-hydrogen) atoms. The SMILES string of the molecule is CCC(C(C)OCc1ccccc1)n1ncn(-c2ccc(N3CCN(c4ccc(-c5ccc(C(F)(F)C(O)(Cc6nn[nH]n6)c6ccccc6F)nc5)cc4)CC3)cc2)c1=O. The molecule has 0 radical (unpaired) electrons. The molecule has 1 aliphatic heterocycles. The standard InChI is InChI=1S/C45H45F3N10O3/c1-3-40(31(2)61-29-32-9-5-4-6-10-32)58-43(59)57(30-50-58)37-20-18-36(19-21-37)56-25-23-55(24-26-56)35-16-13-33(14-17-35)34-15-22-41(49-28-34)45(47,48)44(60,27-42-51-53-54-52-42)38-11-7-8-12-39(38)46/h4-22,28,30-31,40,60H,3,23-27,29H2,1-2H3,(H,51,52,53,54). The fourth-order valence-electron chi connectivity index (χ4n) is 7.87. The van der Waals surface area contributed by atoms with E-state index in [2.05, 4.69) is 40.5 Å². The molecule has 16 heteroatoms. The Morgan fingerprint density at radius 3 is 2.05 bits per heavy atom. The van der Waals surface area contributed by atoms with Gasteiger partial charge in [0.05, 0.1) is 30.9 Å². The molecule has 1 aliphatic rings. The van der Waals surface area contributed by atoms with Gasteiger partial charge >= 0.3 is 11.6 Å². The maximum absolute atomic E-state index is 16.2. The Kier molecular flexibility index (Phi) is 11.8. The lowest BCUT2D eigenvalue weighted by Gasteiger charge is -2.37. The zero-order valence-electron chi connectivity index (χ0n) is 33.7. The lowest BCUT2D eigenvalue weighted by Crippen LogP contribution is -2.46. The Bertz CT molecular complexity index is 2560. The van der Waals surface area contributed by atoms with Gasteiger partial charge in [0.25, 0.3) is 0 Å². The minimum Gasteiger partial charge on any atom is -0.378 e. The number of tetrazole rings is 1. The Morgan fingerprint density at radius 2 is 1.44 bits per heavy atom. The van der Waals surface area contributed by atoms with E-state index in [9.17, 15) is 14.3 Å². The summed E-state index contributed by atoms with van der Waals surface area (Å²) in [5.74, 6) is -5.26. The Morgan fingerprint density at radius 1 is 0.820 bits per heavy atom. The van der Waals surface area contributed by atoms with Crippen molar-refractivity contribution in [1.82, 2.24) is 40.0 Å². The monoisotopic (exact) mass is 830 g/mol. The molecule has 7 aromatic rings. The summed E-state index contributed by atoms with van der Waals surface area (Å²) in [5.41, 5.74) is 0.608. The number of hydrogen-bond acceptors (Lipinski definition) is 10. The second kappa shape index (κ2) is 17.5. The molecule has 0 aliphatic carbocycles. The van der Waals surface area contributed by atoms with Crippen LogP contribution in [0.5, 0.6) is 0 Å². The van der Waals surface area contributed by atoms with Crippen molar-refractivity contribution in [3.8, 4) is 16.8 Å². The molecule has 2 N–H and O–H groups in total. The summed E-state index contributed by atoms with van der Waals surface area (Å²) < 4.78 is 56.5. The summed E-state index contributed by atoms with van der Waals surface area (Å²) in [6, 6.07) is 32.9. The quantitative estimate of drug-likeness (QED) is 0.113. The van der Waals surface area contributed by atoms with Gasteiger partial charge in [-0.3, -0.25) is 4.98 Å². The number of aromatic nitrogens is 8. The zero-order valence-corrected chi connectivity index (χ0v) is 33.7. The fourth-order valence-corrected chi connectivity index (χ4v) is 7.87. The van der Waals surface area contributed by atoms with Crippen LogP contribution in [-0.2, 0) is 29.3 Å². The lowest BCUT2D eigenvalue weighted by atomic mass is 9.81. The minimum atomic E-state index is -4.04. The molecular formula is C45H45F3N10O3. The first-order valence-electron chi connectivity index (χ1n) is 20.1. The number of aliphatic hydroxyl groups is 1. The smallest absolute Gasteiger partial charge is 0.350 e. The summed E-state index contributed by atoms with van der Waals surface area (Å²) in [4.78, 5) is 22.2. The number of H-pyrrole nitrogens is 1. The molecule has 1 saturated heterocycles. The highest BCUT2D eigenvalue weighted by molar-refractivity contribution is 5.66. The summed E-state index contributed by atoms with van der Waals surface area (Å²) in [5, 5.41) is 28.9. The molecule has 3 aromatic heterocycles. The normalized spacial score (nSPS) is 15.4. The number of ether oxygens (including phenoxy) is 1. The molecule has 4 heterocycles. The van der Waals surface area contributed by atoms with Crippen LogP contribution in [0.2, 0.25) is 0 Å². The number of alkyl halides is 2. The molecule has 314 valence electrons. The first kappa shape index (κ1) is 41.1. The van der Waals surface area contributed by atoms with Crippen molar-refractivity contribution in [1.29, 1.82) is 0 Å². The first-order valence-corrected chi connectivity index (χ1v) is 20.1. The summed E-state index contributed by atoms with van der Waals surface area (Å²) in [7, 11) is 0. The third kappa shape index (κ3) is 8.41. The minimum absolute atomic E-state index is 0.214. The van der Waals surface area contributed by atoms with Crippen LogP contribution in [0, 0.1) is 5.82 Å². The molecule has 0 bridgehead atoms. The Hall–Kier alpha value is -6.65. The number of rotatable bonds is 15. The van der Waals surface area contributed by atoms with Gasteiger partial charge in [-0.2, -0.15) is 19.1 Å². The zero-order chi connectivity index (χ0) is 42.6. The van der Waals surface area contributed by atoms with E-state index in [1.807, 2.05) is 92.7 Å². The van der Waals surface area contributed by atoms with Gasteiger partial charge < -0.3 is 19.6 Å². The summed E-state index contributed by atoms with van der Waals surface area (Å²) in [6.07, 6.45) is 2.54. The average Bonchev–Trinajstić information content (AvgIpc) is 3.96. The highest BCUT2D eigenvalue weighted by Gasteiger charge is 2.57. The molecular weight excluding hydrogens is 786 g/mol. The molecule has 1 fully saturated rings. The van der Waals surface area contributed by atoms with Crippen LogP contribution in [0.4, 0.5) is 24.5 Å². The van der Waals surface area contributed by atoms with E-state index in [1.54, 1.807) is 10.9 Å². The van der Waals surface area contributed by atoms with Crippen LogP contribution in [0.3, 0.4) is 0 Å². The maximum Gasteiger partial charge on any atom is 0.350 e. The number of nitrogens with zero attached hydrogens (tertiary/aromatic N) is 9. The van der Waals surface area contributed by atoms with Crippen LogP contribution in [0.1, 0.15) is 49.0 Å². The average molecular weight is 831 g/mol. The van der Waals surface area contributed by atoms with E-state index < -0.39 is 35.0 Å². The molecule has 8 rings (SSSR count). The van der Waals surface area contributed by atoms with Gasteiger partial charge in [-0.15, -0.1) is 10.2 Å². The van der Waals surface area contributed by atoms with Crippen molar-refractivity contribution >= 4 is 11.4 Å². The number of aromatic amines is 1. The molecule has 0 saturated carbocycles. The topological polar surface area (TPSA) is 143 Å². The van der Waals surface area contributed by atoms with Gasteiger partial charge in [-0.05, 0) is 73.0 Å². The van der Waals surface area contributed by atoms with Gasteiger partial charge in [-0.1, -0.05) is 78.9 Å². The number of pyridine rings is 1. The van der Waals surface area contributed by atoms with Crippen LogP contribution in [0.15, 0.2) is 133 Å². The predicted molar refractivity (Wildman–Crippen MR) is 224 cm³/mol. The molecule has 4 aromatic carbocycles. The third-order valence-electron chi connectivity index (χ3n) is 11.4. The van der Waals surface area contributed by atoms with Gasteiger partial charge in [-0.25, -0.2) is 18.4 Å². The van der Waals surface area contributed by atoms with Crippen molar-refractivity contribution in [2.45, 2.75) is 57.0 Å². The van der Waals surface area contributed by atoms with E-state index in [1.165, 1.54) is 29.1 Å². The van der Waals surface area contributed by atoms with Gasteiger partial charge in [0, 0.05) is 54.9 Å². The van der Waals surface area contributed by atoms with Crippen LogP contribution < -0.4 is 15.5 Å². The number of hydrogen-bond donors (Lipinski definition) is 2. The van der Waals surface area contributed by atoms with Crippen molar-refractivity contribution in [3.63, 3.8) is 0 Å². The molecule has 3 atom stereocenters. The Balaban J connectivity index is 0.883. The molecule has 0 spiro atoms. The number of nitrogens with one attached hydrogen (secondary N) is 1. The van der Waals surface area contributed by atoms with Crippen LogP contribution in [-0.4, -0.2) is 77.3 Å². The van der Waals surface area contributed by atoms with Crippen molar-refractivity contribution in [2.24, 2.45) is 0 Å². The fraction of sp³-hybridized carbons (Fsp3) is 0.289. The highest BCUT2D eigenvalue weighted by atomic mass is 19.3. The second-order valence-electron chi connectivity index (χ2n) is 15.1.